The summed E-state index contributed by atoms with van der Waals surface area (Å²) in [5, 5.41) is 0. The van der Waals surface area contributed by atoms with E-state index in [0.29, 0.717) is 17.5 Å². The van der Waals surface area contributed by atoms with Gasteiger partial charge in [0.25, 0.3) is 0 Å². The van der Waals surface area contributed by atoms with E-state index in [1.807, 2.05) is 43.3 Å². The van der Waals surface area contributed by atoms with Gasteiger partial charge in [-0.05, 0) is 36.6 Å². The summed E-state index contributed by atoms with van der Waals surface area (Å²) in [5.74, 6) is -0.998. The fraction of sp³-hybridized carbons (Fsp3) is 0.188. The standard InChI is InChI=1S/C32H29NO5S/c1-23-16-18-27(19-17-23)39(36,37)33-21-20-24-10-8-9-15-28(24)29(33)22-30(34)38-32(26-13-6-3-7-14-26)31(35)25-11-4-2-5-12-25/h2-19,29,32H,20-22H2,1H3. The zero-order chi connectivity index (χ0) is 27.4. The molecule has 0 radical (unpaired) electrons. The van der Waals surface area contributed by atoms with Crippen LogP contribution in [0.5, 0.6) is 0 Å². The van der Waals surface area contributed by atoms with Gasteiger partial charge in [-0.25, -0.2) is 8.42 Å². The predicted octanol–water partition coefficient (Wildman–Crippen LogP) is 5.84. The smallest absolute Gasteiger partial charge is 0.308 e. The number of esters is 1. The van der Waals surface area contributed by atoms with E-state index in [2.05, 4.69) is 0 Å². The number of hydrogen-bond acceptors (Lipinski definition) is 5. The van der Waals surface area contributed by atoms with E-state index in [4.69, 9.17) is 4.74 Å². The van der Waals surface area contributed by atoms with E-state index in [9.17, 15) is 18.0 Å². The van der Waals surface area contributed by atoms with Gasteiger partial charge < -0.3 is 4.74 Å². The largest absolute Gasteiger partial charge is 0.449 e. The van der Waals surface area contributed by atoms with Gasteiger partial charge in [0.1, 0.15) is 0 Å². The van der Waals surface area contributed by atoms with Crippen LogP contribution in [0.15, 0.2) is 114 Å². The molecule has 0 saturated heterocycles. The quantitative estimate of drug-likeness (QED) is 0.208. The Balaban J connectivity index is 1.47. The van der Waals surface area contributed by atoms with E-state index in [0.717, 1.165) is 16.7 Å². The fourth-order valence-electron chi connectivity index (χ4n) is 4.97. The highest BCUT2D eigenvalue weighted by atomic mass is 32.2. The van der Waals surface area contributed by atoms with Gasteiger partial charge in [0.15, 0.2) is 6.10 Å². The third-order valence-electron chi connectivity index (χ3n) is 7.00. The minimum Gasteiger partial charge on any atom is -0.449 e. The minimum absolute atomic E-state index is 0.173. The molecule has 1 aliphatic heterocycles. The molecule has 0 saturated carbocycles. The third-order valence-corrected chi connectivity index (χ3v) is 8.92. The summed E-state index contributed by atoms with van der Waals surface area (Å²) in [6.07, 6.45) is -0.846. The monoisotopic (exact) mass is 539 g/mol. The molecule has 0 aliphatic carbocycles. The van der Waals surface area contributed by atoms with Crippen molar-refractivity contribution in [1.29, 1.82) is 0 Å². The average molecular weight is 540 g/mol. The van der Waals surface area contributed by atoms with Crippen molar-refractivity contribution in [3.8, 4) is 0 Å². The molecule has 39 heavy (non-hydrogen) atoms. The molecule has 0 bridgehead atoms. The van der Waals surface area contributed by atoms with Gasteiger partial charge in [-0.1, -0.05) is 103 Å². The van der Waals surface area contributed by atoms with Gasteiger partial charge in [0.05, 0.1) is 17.4 Å². The molecule has 0 amide bonds. The second kappa shape index (κ2) is 11.4. The van der Waals surface area contributed by atoms with Gasteiger partial charge in [0, 0.05) is 17.7 Å². The van der Waals surface area contributed by atoms with E-state index >= 15 is 0 Å². The van der Waals surface area contributed by atoms with Crippen LogP contribution in [0.4, 0.5) is 0 Å². The molecule has 1 aliphatic rings. The maximum atomic E-state index is 13.8. The van der Waals surface area contributed by atoms with Crippen LogP contribution in [0.2, 0.25) is 0 Å². The number of rotatable bonds is 8. The molecule has 0 N–H and O–H groups in total. The molecule has 4 aromatic carbocycles. The molecule has 6 nitrogen and oxygen atoms in total. The van der Waals surface area contributed by atoms with Crippen LogP contribution < -0.4 is 0 Å². The number of benzene rings is 4. The highest BCUT2D eigenvalue weighted by molar-refractivity contribution is 7.89. The fourth-order valence-corrected chi connectivity index (χ4v) is 6.57. The second-order valence-corrected chi connectivity index (χ2v) is 11.5. The van der Waals surface area contributed by atoms with Crippen LogP contribution >= 0.6 is 0 Å². The van der Waals surface area contributed by atoms with Gasteiger partial charge >= 0.3 is 5.97 Å². The molecule has 0 fully saturated rings. The number of carbonyl (C=O) groups is 2. The molecule has 7 heteroatoms. The Morgan fingerprint density at radius 3 is 2.15 bits per heavy atom. The summed E-state index contributed by atoms with van der Waals surface area (Å²) in [7, 11) is -3.90. The van der Waals surface area contributed by atoms with Crippen LogP contribution in [0, 0.1) is 6.92 Å². The topological polar surface area (TPSA) is 80.8 Å². The number of fused-ring (bicyclic) bond motifs is 1. The molecule has 2 atom stereocenters. The Kier molecular flexibility index (Phi) is 7.72. The van der Waals surface area contributed by atoms with Crippen molar-refractivity contribution >= 4 is 21.8 Å². The summed E-state index contributed by atoms with van der Waals surface area (Å²) < 4.78 is 34.7. The number of Topliss-reactive ketones (excluding diaryl/α,β-unsaturated/α-hetero) is 1. The van der Waals surface area contributed by atoms with E-state index in [1.54, 1.807) is 72.8 Å². The van der Waals surface area contributed by atoms with Gasteiger partial charge in [0.2, 0.25) is 15.8 Å². The van der Waals surface area contributed by atoms with Crippen molar-refractivity contribution in [3.63, 3.8) is 0 Å². The normalized spacial score (nSPS) is 16.2. The first kappa shape index (κ1) is 26.5. The van der Waals surface area contributed by atoms with Crippen molar-refractivity contribution in [1.82, 2.24) is 4.31 Å². The summed E-state index contributed by atoms with van der Waals surface area (Å²) in [4.78, 5) is 27.1. The molecule has 0 aromatic heterocycles. The summed E-state index contributed by atoms with van der Waals surface area (Å²) >= 11 is 0. The van der Waals surface area contributed by atoms with Gasteiger partial charge in [-0.2, -0.15) is 4.31 Å². The summed E-state index contributed by atoms with van der Waals surface area (Å²) in [5.41, 5.74) is 3.68. The Labute approximate surface area is 228 Å². The SMILES string of the molecule is Cc1ccc(S(=O)(=O)N2CCc3ccccc3C2CC(=O)OC(C(=O)c2ccccc2)c2ccccc2)cc1. The molecule has 4 aromatic rings. The zero-order valence-electron chi connectivity index (χ0n) is 21.6. The van der Waals surface area contributed by atoms with Crippen molar-refractivity contribution in [2.45, 2.75) is 36.8 Å². The Bertz CT molecular complexity index is 1570. The first-order valence-corrected chi connectivity index (χ1v) is 14.3. The van der Waals surface area contributed by atoms with Crippen LogP contribution in [-0.4, -0.2) is 31.0 Å². The Morgan fingerprint density at radius 1 is 0.846 bits per heavy atom. The van der Waals surface area contributed by atoms with E-state index in [-0.39, 0.29) is 23.6 Å². The van der Waals surface area contributed by atoms with E-state index < -0.39 is 28.1 Å². The lowest BCUT2D eigenvalue weighted by Gasteiger charge is -2.36. The Morgan fingerprint density at radius 2 is 1.46 bits per heavy atom. The highest BCUT2D eigenvalue weighted by Gasteiger charge is 2.38. The number of ether oxygens (including phenoxy) is 1. The molecular formula is C32H29NO5S. The van der Waals surface area contributed by atoms with Crippen molar-refractivity contribution < 1.29 is 22.7 Å². The molecule has 0 spiro atoms. The van der Waals surface area contributed by atoms with Crippen LogP contribution in [-0.2, 0) is 26.0 Å². The molecule has 5 rings (SSSR count). The number of hydrogen-bond donors (Lipinski definition) is 0. The number of ketones is 1. The predicted molar refractivity (Wildman–Crippen MR) is 149 cm³/mol. The molecular weight excluding hydrogens is 510 g/mol. The summed E-state index contributed by atoms with van der Waals surface area (Å²) in [6.45, 7) is 2.13. The second-order valence-electron chi connectivity index (χ2n) is 9.61. The third kappa shape index (κ3) is 5.70. The lowest BCUT2D eigenvalue weighted by Crippen LogP contribution is -2.41. The maximum absolute atomic E-state index is 13.8. The minimum atomic E-state index is -3.90. The van der Waals surface area contributed by atoms with Crippen molar-refractivity contribution in [2.24, 2.45) is 0 Å². The first-order chi connectivity index (χ1) is 18.8. The van der Waals surface area contributed by atoms with Gasteiger partial charge in [-0.3, -0.25) is 9.59 Å². The zero-order valence-corrected chi connectivity index (χ0v) is 22.4. The van der Waals surface area contributed by atoms with Crippen molar-refractivity contribution in [3.05, 3.63) is 137 Å². The van der Waals surface area contributed by atoms with Crippen LogP contribution in [0.25, 0.3) is 0 Å². The van der Waals surface area contributed by atoms with Crippen LogP contribution in [0.3, 0.4) is 0 Å². The number of aryl methyl sites for hydroxylation is 1. The highest BCUT2D eigenvalue weighted by Crippen LogP contribution is 2.37. The first-order valence-electron chi connectivity index (χ1n) is 12.8. The molecule has 198 valence electrons. The number of carbonyl (C=O) groups excluding carboxylic acids is 2. The number of nitrogens with zero attached hydrogens (tertiary/aromatic N) is 1. The Hall–Kier alpha value is -4.07. The molecule has 2 unspecified atom stereocenters. The average Bonchev–Trinajstić information content (AvgIpc) is 2.97. The molecule has 1 heterocycles. The van der Waals surface area contributed by atoms with Crippen LogP contribution in [0.1, 0.15) is 51.2 Å². The summed E-state index contributed by atoms with van der Waals surface area (Å²) in [6, 6.07) is 31.0. The van der Waals surface area contributed by atoms with Gasteiger partial charge in [-0.15, -0.1) is 0 Å². The lowest BCUT2D eigenvalue weighted by atomic mass is 9.92. The number of sulfonamides is 1. The lowest BCUT2D eigenvalue weighted by molar-refractivity contribution is -0.148. The van der Waals surface area contributed by atoms with E-state index in [1.165, 1.54) is 4.31 Å². The van der Waals surface area contributed by atoms with Crippen molar-refractivity contribution in [2.75, 3.05) is 6.54 Å². The maximum Gasteiger partial charge on any atom is 0.308 e.